The summed E-state index contributed by atoms with van der Waals surface area (Å²) in [6.07, 6.45) is 0.671. The van der Waals surface area contributed by atoms with Crippen molar-refractivity contribution in [1.29, 1.82) is 0 Å². The molecule has 0 aliphatic carbocycles. The number of amides is 1. The maximum Gasteiger partial charge on any atom is 0.220 e. The number of H-pyrrole nitrogens is 1. The van der Waals surface area contributed by atoms with Gasteiger partial charge in [-0.3, -0.25) is 14.8 Å². The van der Waals surface area contributed by atoms with Crippen molar-refractivity contribution in [2.45, 2.75) is 0 Å². The van der Waals surface area contributed by atoms with Crippen LogP contribution < -0.4 is 10.6 Å². The summed E-state index contributed by atoms with van der Waals surface area (Å²) in [5, 5.41) is 8.40. The predicted octanol–water partition coefficient (Wildman–Crippen LogP) is 3.09. The van der Waals surface area contributed by atoms with Crippen molar-refractivity contribution >= 4 is 46.1 Å². The molecule has 1 aromatic heterocycles. The van der Waals surface area contributed by atoms with E-state index in [1.165, 1.54) is 4.90 Å². The molecule has 0 aliphatic rings. The molecule has 100 valence electrons. The average Bonchev–Trinajstić information content (AvgIpc) is 2.88. The second-order valence-electron chi connectivity index (χ2n) is 4.27. The Hall–Kier alpha value is -2.53. The number of nitrogen functional groups attached to an aromatic ring is 1. The quantitative estimate of drug-likeness (QED) is 0.574. The van der Waals surface area contributed by atoms with Gasteiger partial charge in [0.05, 0.1) is 16.9 Å². The third-order valence-electron chi connectivity index (χ3n) is 3.04. The number of anilines is 3. The molecule has 3 rings (SSSR count). The predicted molar refractivity (Wildman–Crippen MR) is 80.2 cm³/mol. The summed E-state index contributed by atoms with van der Waals surface area (Å²) in [7, 11) is 0. The van der Waals surface area contributed by atoms with Crippen LogP contribution in [0.15, 0.2) is 42.5 Å². The van der Waals surface area contributed by atoms with Gasteiger partial charge in [0.25, 0.3) is 0 Å². The lowest BCUT2D eigenvalue weighted by Gasteiger charge is -2.17. The third kappa shape index (κ3) is 1.98. The molecule has 5 nitrogen and oxygen atoms in total. The first-order valence-electron chi connectivity index (χ1n) is 5.93. The minimum absolute atomic E-state index is 0.452. The second kappa shape index (κ2) is 4.86. The van der Waals surface area contributed by atoms with Gasteiger partial charge in [-0.1, -0.05) is 23.7 Å². The van der Waals surface area contributed by atoms with Crippen molar-refractivity contribution in [2.75, 3.05) is 10.6 Å². The molecule has 20 heavy (non-hydrogen) atoms. The van der Waals surface area contributed by atoms with E-state index >= 15 is 0 Å². The largest absolute Gasteiger partial charge is 0.397 e. The third-order valence-corrected chi connectivity index (χ3v) is 3.27. The van der Waals surface area contributed by atoms with Crippen molar-refractivity contribution in [3.8, 4) is 0 Å². The maximum atomic E-state index is 11.5. The lowest BCUT2D eigenvalue weighted by atomic mass is 10.2. The molecule has 0 unspecified atom stereocenters. The lowest BCUT2D eigenvalue weighted by molar-refractivity contribution is -0.106. The number of hydrogen-bond donors (Lipinski definition) is 2. The number of para-hydroxylation sites is 1. The number of hydrogen-bond acceptors (Lipinski definition) is 3. The topological polar surface area (TPSA) is 75.0 Å². The van der Waals surface area contributed by atoms with E-state index in [9.17, 15) is 4.79 Å². The van der Waals surface area contributed by atoms with E-state index < -0.39 is 0 Å². The first-order chi connectivity index (χ1) is 9.70. The molecule has 2 aromatic carbocycles. The van der Waals surface area contributed by atoms with Crippen LogP contribution in [0.2, 0.25) is 5.02 Å². The minimum atomic E-state index is 0.452. The smallest absolute Gasteiger partial charge is 0.220 e. The maximum absolute atomic E-state index is 11.5. The molecule has 6 heteroatoms. The lowest BCUT2D eigenvalue weighted by Crippen LogP contribution is -2.16. The van der Waals surface area contributed by atoms with Gasteiger partial charge in [0.15, 0.2) is 5.82 Å². The Kier molecular flexibility index (Phi) is 3.04. The first kappa shape index (κ1) is 12.5. The molecule has 0 aliphatic heterocycles. The van der Waals surface area contributed by atoms with Crippen LogP contribution in [0, 0.1) is 0 Å². The molecule has 0 atom stereocenters. The van der Waals surface area contributed by atoms with Crippen LogP contribution in [0.25, 0.3) is 10.9 Å². The number of benzene rings is 2. The number of halogens is 1. The normalized spacial score (nSPS) is 10.7. The SMILES string of the molecule is Nc1ccc(Cl)cc1N(C=O)c1n[nH]c2ccccc12. The zero-order valence-electron chi connectivity index (χ0n) is 10.4. The van der Waals surface area contributed by atoms with E-state index in [1.54, 1.807) is 18.2 Å². The molecule has 0 saturated heterocycles. The summed E-state index contributed by atoms with van der Waals surface area (Å²) in [5.74, 6) is 0.490. The Balaban J connectivity index is 2.19. The van der Waals surface area contributed by atoms with Gasteiger partial charge in [-0.25, -0.2) is 0 Å². The van der Waals surface area contributed by atoms with Gasteiger partial charge in [-0.15, -0.1) is 0 Å². The van der Waals surface area contributed by atoms with Crippen LogP contribution in [0.1, 0.15) is 0 Å². The number of carbonyl (C=O) groups excluding carboxylic acids is 1. The summed E-state index contributed by atoms with van der Waals surface area (Å²) in [6.45, 7) is 0. The van der Waals surface area contributed by atoms with Crippen LogP contribution in [0.3, 0.4) is 0 Å². The molecule has 0 spiro atoms. The summed E-state index contributed by atoms with van der Waals surface area (Å²) in [5.41, 5.74) is 7.72. The highest BCUT2D eigenvalue weighted by Crippen LogP contribution is 2.33. The van der Waals surface area contributed by atoms with Gasteiger partial charge in [0, 0.05) is 10.4 Å². The molecule has 3 aromatic rings. The highest BCUT2D eigenvalue weighted by molar-refractivity contribution is 6.31. The Morgan fingerprint density at radius 1 is 1.25 bits per heavy atom. The highest BCUT2D eigenvalue weighted by atomic mass is 35.5. The monoisotopic (exact) mass is 286 g/mol. The Morgan fingerprint density at radius 3 is 2.85 bits per heavy atom. The average molecular weight is 287 g/mol. The molecule has 3 N–H and O–H groups in total. The molecule has 0 fully saturated rings. The van der Waals surface area contributed by atoms with Crippen molar-refractivity contribution < 1.29 is 4.79 Å². The van der Waals surface area contributed by atoms with E-state index in [-0.39, 0.29) is 0 Å². The molecule has 1 heterocycles. The molecular weight excluding hydrogens is 276 g/mol. The van der Waals surface area contributed by atoms with Crippen LogP contribution in [-0.2, 0) is 4.79 Å². The summed E-state index contributed by atoms with van der Waals surface area (Å²) in [4.78, 5) is 12.9. The number of rotatable bonds is 3. The van der Waals surface area contributed by atoms with Gasteiger partial charge in [0.2, 0.25) is 6.41 Å². The number of nitrogens with zero attached hydrogens (tertiary/aromatic N) is 2. The van der Waals surface area contributed by atoms with Gasteiger partial charge in [-0.05, 0) is 30.3 Å². The van der Waals surface area contributed by atoms with Crippen LogP contribution in [-0.4, -0.2) is 16.6 Å². The highest BCUT2D eigenvalue weighted by Gasteiger charge is 2.17. The minimum Gasteiger partial charge on any atom is -0.397 e. The Morgan fingerprint density at radius 2 is 2.05 bits per heavy atom. The van der Waals surface area contributed by atoms with Crippen molar-refractivity contribution in [3.05, 3.63) is 47.5 Å². The summed E-state index contributed by atoms with van der Waals surface area (Å²) >= 11 is 5.97. The molecule has 1 amide bonds. The van der Waals surface area contributed by atoms with Gasteiger partial charge < -0.3 is 5.73 Å². The van der Waals surface area contributed by atoms with Gasteiger partial charge >= 0.3 is 0 Å². The Bertz CT molecular complexity index is 784. The number of nitrogens with two attached hydrogens (primary N) is 1. The number of aromatic nitrogens is 2. The molecular formula is C14H11ClN4O. The van der Waals surface area contributed by atoms with Crippen molar-refractivity contribution in [2.24, 2.45) is 0 Å². The van der Waals surface area contributed by atoms with Crippen LogP contribution in [0.4, 0.5) is 17.2 Å². The fourth-order valence-electron chi connectivity index (χ4n) is 2.08. The Labute approximate surface area is 119 Å². The number of carbonyl (C=O) groups is 1. The van der Waals surface area contributed by atoms with Crippen LogP contribution >= 0.6 is 11.6 Å². The molecule has 0 bridgehead atoms. The number of aromatic amines is 1. The van der Waals surface area contributed by atoms with E-state index in [0.29, 0.717) is 28.6 Å². The van der Waals surface area contributed by atoms with E-state index in [0.717, 1.165) is 10.9 Å². The van der Waals surface area contributed by atoms with Crippen molar-refractivity contribution in [3.63, 3.8) is 0 Å². The zero-order valence-corrected chi connectivity index (χ0v) is 11.1. The number of fused-ring (bicyclic) bond motifs is 1. The summed E-state index contributed by atoms with van der Waals surface area (Å²) < 4.78 is 0. The van der Waals surface area contributed by atoms with Gasteiger partial charge in [0.1, 0.15) is 0 Å². The molecule has 0 radical (unpaired) electrons. The van der Waals surface area contributed by atoms with Crippen molar-refractivity contribution in [1.82, 2.24) is 10.2 Å². The van der Waals surface area contributed by atoms with E-state index in [4.69, 9.17) is 17.3 Å². The van der Waals surface area contributed by atoms with E-state index in [1.807, 2.05) is 24.3 Å². The fourth-order valence-corrected chi connectivity index (χ4v) is 2.25. The zero-order chi connectivity index (χ0) is 14.1. The summed E-state index contributed by atoms with van der Waals surface area (Å²) in [6, 6.07) is 12.5. The van der Waals surface area contributed by atoms with Gasteiger partial charge in [-0.2, -0.15) is 5.10 Å². The second-order valence-corrected chi connectivity index (χ2v) is 4.71. The van der Waals surface area contributed by atoms with E-state index in [2.05, 4.69) is 10.2 Å². The first-order valence-corrected chi connectivity index (χ1v) is 6.31. The fraction of sp³-hybridized carbons (Fsp3) is 0. The number of nitrogens with one attached hydrogen (secondary N) is 1. The van der Waals surface area contributed by atoms with Crippen LogP contribution in [0.5, 0.6) is 0 Å². The standard InChI is InChI=1S/C14H11ClN4O/c15-9-5-6-11(16)13(7-9)19(8-20)14-10-3-1-2-4-12(10)17-18-14/h1-8H,16H2,(H,17,18). The molecule has 0 saturated carbocycles.